The molecule has 0 radical (unpaired) electrons. The summed E-state index contributed by atoms with van der Waals surface area (Å²) in [4.78, 5) is 4.04. The number of rotatable bonds is 4. The molecule has 1 atom stereocenters. The van der Waals surface area contributed by atoms with E-state index < -0.39 is 0 Å². The zero-order chi connectivity index (χ0) is 12.1. The van der Waals surface area contributed by atoms with Crippen LogP contribution in [0.25, 0.3) is 0 Å². The van der Waals surface area contributed by atoms with E-state index in [1.165, 1.54) is 0 Å². The molecule has 0 aliphatic rings. The quantitative estimate of drug-likeness (QED) is 0.875. The smallest absolute Gasteiger partial charge is 0.119 e. The van der Waals surface area contributed by atoms with Crippen LogP contribution in [0.4, 0.5) is 0 Å². The minimum absolute atomic E-state index is 0.0578. The molecular weight excluding hydrogens is 212 g/mol. The van der Waals surface area contributed by atoms with Gasteiger partial charge < -0.3 is 10.5 Å². The maximum Gasteiger partial charge on any atom is 0.119 e. The van der Waals surface area contributed by atoms with Gasteiger partial charge in [-0.15, -0.1) is 0 Å². The predicted octanol–water partition coefficient (Wildman–Crippen LogP) is 2.68. The summed E-state index contributed by atoms with van der Waals surface area (Å²) >= 11 is 0. The van der Waals surface area contributed by atoms with Gasteiger partial charge in [0.1, 0.15) is 12.4 Å². The van der Waals surface area contributed by atoms with Gasteiger partial charge in [-0.2, -0.15) is 0 Å². The van der Waals surface area contributed by atoms with E-state index in [0.29, 0.717) is 6.61 Å². The molecule has 0 fully saturated rings. The van der Waals surface area contributed by atoms with Gasteiger partial charge in [0.25, 0.3) is 0 Å². The highest BCUT2D eigenvalue weighted by molar-refractivity contribution is 5.29. The average Bonchev–Trinajstić information content (AvgIpc) is 2.38. The molecule has 0 spiro atoms. The molecule has 1 aromatic heterocycles. The van der Waals surface area contributed by atoms with Crippen LogP contribution in [-0.4, -0.2) is 4.98 Å². The van der Waals surface area contributed by atoms with E-state index in [9.17, 15) is 0 Å². The molecule has 2 aromatic rings. The molecular formula is C14H16N2O. The second kappa shape index (κ2) is 5.46. The first-order chi connectivity index (χ1) is 8.25. The first-order valence-corrected chi connectivity index (χ1v) is 5.63. The Labute approximate surface area is 101 Å². The van der Waals surface area contributed by atoms with Crippen molar-refractivity contribution in [2.45, 2.75) is 19.6 Å². The van der Waals surface area contributed by atoms with Crippen molar-refractivity contribution in [2.24, 2.45) is 5.73 Å². The standard InChI is InChI=1S/C14H16N2O/c1-11(15)13-4-6-14(7-5-13)17-10-12-3-2-8-16-9-12/h2-9,11H,10,15H2,1H3/t11-/m1/s1. The van der Waals surface area contributed by atoms with E-state index in [-0.39, 0.29) is 6.04 Å². The van der Waals surface area contributed by atoms with Gasteiger partial charge in [0, 0.05) is 24.0 Å². The zero-order valence-corrected chi connectivity index (χ0v) is 9.84. The number of aromatic nitrogens is 1. The molecule has 88 valence electrons. The largest absolute Gasteiger partial charge is 0.489 e. The van der Waals surface area contributed by atoms with Crippen LogP contribution in [0.3, 0.4) is 0 Å². The van der Waals surface area contributed by atoms with E-state index in [4.69, 9.17) is 10.5 Å². The molecule has 2 rings (SSSR count). The minimum Gasteiger partial charge on any atom is -0.489 e. The molecule has 1 heterocycles. The van der Waals surface area contributed by atoms with Crippen LogP contribution in [0.15, 0.2) is 48.8 Å². The topological polar surface area (TPSA) is 48.1 Å². The van der Waals surface area contributed by atoms with Crippen LogP contribution < -0.4 is 10.5 Å². The molecule has 0 aliphatic carbocycles. The SMILES string of the molecule is C[C@@H](N)c1ccc(OCc2cccnc2)cc1. The lowest BCUT2D eigenvalue weighted by molar-refractivity contribution is 0.305. The average molecular weight is 228 g/mol. The first-order valence-electron chi connectivity index (χ1n) is 5.63. The van der Waals surface area contributed by atoms with Crippen LogP contribution in [0.2, 0.25) is 0 Å². The maximum atomic E-state index is 5.78. The Bertz CT molecular complexity index is 451. The molecule has 2 N–H and O–H groups in total. The number of nitrogens with zero attached hydrogens (tertiary/aromatic N) is 1. The molecule has 0 aliphatic heterocycles. The lowest BCUT2D eigenvalue weighted by atomic mass is 10.1. The Kier molecular flexibility index (Phi) is 3.73. The fourth-order valence-electron chi connectivity index (χ4n) is 1.52. The second-order valence-corrected chi connectivity index (χ2v) is 4.01. The Balaban J connectivity index is 1.96. The number of ether oxygens (including phenoxy) is 1. The molecule has 0 saturated carbocycles. The van der Waals surface area contributed by atoms with E-state index in [2.05, 4.69) is 4.98 Å². The number of hydrogen-bond acceptors (Lipinski definition) is 3. The Morgan fingerprint density at radius 1 is 1.24 bits per heavy atom. The van der Waals surface area contributed by atoms with Crippen molar-refractivity contribution in [3.63, 3.8) is 0 Å². The summed E-state index contributed by atoms with van der Waals surface area (Å²) in [5.41, 5.74) is 7.95. The Hall–Kier alpha value is -1.87. The van der Waals surface area contributed by atoms with Crippen LogP contribution in [0.1, 0.15) is 24.1 Å². The normalized spacial score (nSPS) is 12.1. The highest BCUT2D eigenvalue weighted by atomic mass is 16.5. The minimum atomic E-state index is 0.0578. The van der Waals surface area contributed by atoms with Crippen LogP contribution in [-0.2, 0) is 6.61 Å². The molecule has 3 heteroatoms. The van der Waals surface area contributed by atoms with Gasteiger partial charge >= 0.3 is 0 Å². The summed E-state index contributed by atoms with van der Waals surface area (Å²) in [6.45, 7) is 2.50. The highest BCUT2D eigenvalue weighted by Gasteiger charge is 2.00. The summed E-state index contributed by atoms with van der Waals surface area (Å²) in [7, 11) is 0. The van der Waals surface area contributed by atoms with Gasteiger partial charge in [-0.3, -0.25) is 4.98 Å². The summed E-state index contributed by atoms with van der Waals surface area (Å²) in [5.74, 6) is 0.846. The van der Waals surface area contributed by atoms with Crippen molar-refractivity contribution in [3.05, 3.63) is 59.9 Å². The zero-order valence-electron chi connectivity index (χ0n) is 9.84. The van der Waals surface area contributed by atoms with Gasteiger partial charge in [-0.05, 0) is 30.7 Å². The maximum absolute atomic E-state index is 5.78. The number of hydrogen-bond donors (Lipinski definition) is 1. The van der Waals surface area contributed by atoms with Gasteiger partial charge in [-0.1, -0.05) is 18.2 Å². The summed E-state index contributed by atoms with van der Waals surface area (Å²) in [6.07, 6.45) is 3.55. The molecule has 0 saturated heterocycles. The second-order valence-electron chi connectivity index (χ2n) is 4.01. The van der Waals surface area contributed by atoms with E-state index in [1.807, 2.05) is 43.3 Å². The summed E-state index contributed by atoms with van der Waals surface area (Å²) in [6, 6.07) is 11.8. The van der Waals surface area contributed by atoms with Crippen molar-refractivity contribution in [3.8, 4) is 5.75 Å². The van der Waals surface area contributed by atoms with E-state index in [0.717, 1.165) is 16.9 Å². The van der Waals surface area contributed by atoms with Gasteiger partial charge in [0.15, 0.2) is 0 Å². The van der Waals surface area contributed by atoms with Gasteiger partial charge in [0.2, 0.25) is 0 Å². The Morgan fingerprint density at radius 3 is 2.59 bits per heavy atom. The molecule has 0 bridgehead atoms. The van der Waals surface area contributed by atoms with E-state index in [1.54, 1.807) is 12.4 Å². The van der Waals surface area contributed by atoms with Crippen molar-refractivity contribution in [1.29, 1.82) is 0 Å². The number of benzene rings is 1. The lowest BCUT2D eigenvalue weighted by Crippen LogP contribution is -2.04. The van der Waals surface area contributed by atoms with Crippen LogP contribution in [0, 0.1) is 0 Å². The van der Waals surface area contributed by atoms with Crippen molar-refractivity contribution >= 4 is 0 Å². The molecule has 3 nitrogen and oxygen atoms in total. The number of nitrogens with two attached hydrogens (primary N) is 1. The van der Waals surface area contributed by atoms with Crippen molar-refractivity contribution in [1.82, 2.24) is 4.98 Å². The van der Waals surface area contributed by atoms with Crippen molar-refractivity contribution in [2.75, 3.05) is 0 Å². The summed E-state index contributed by atoms with van der Waals surface area (Å²) in [5, 5.41) is 0. The fraction of sp³-hybridized carbons (Fsp3) is 0.214. The first kappa shape index (κ1) is 11.6. The number of pyridine rings is 1. The summed E-state index contributed by atoms with van der Waals surface area (Å²) < 4.78 is 5.65. The Morgan fingerprint density at radius 2 is 2.00 bits per heavy atom. The third-order valence-corrected chi connectivity index (χ3v) is 2.53. The monoisotopic (exact) mass is 228 g/mol. The van der Waals surface area contributed by atoms with Crippen molar-refractivity contribution < 1.29 is 4.74 Å². The third kappa shape index (κ3) is 3.29. The van der Waals surface area contributed by atoms with Crippen LogP contribution in [0.5, 0.6) is 5.75 Å². The predicted molar refractivity (Wildman–Crippen MR) is 67.6 cm³/mol. The fourth-order valence-corrected chi connectivity index (χ4v) is 1.52. The van der Waals surface area contributed by atoms with Crippen LogP contribution >= 0.6 is 0 Å². The molecule has 17 heavy (non-hydrogen) atoms. The van der Waals surface area contributed by atoms with E-state index >= 15 is 0 Å². The highest BCUT2D eigenvalue weighted by Crippen LogP contribution is 2.17. The molecule has 0 amide bonds. The van der Waals surface area contributed by atoms with Gasteiger partial charge in [0.05, 0.1) is 0 Å². The lowest BCUT2D eigenvalue weighted by Gasteiger charge is -2.08. The van der Waals surface area contributed by atoms with Gasteiger partial charge in [-0.25, -0.2) is 0 Å². The third-order valence-electron chi connectivity index (χ3n) is 2.53. The molecule has 1 aromatic carbocycles. The molecule has 0 unspecified atom stereocenters.